The average molecular weight is 207 g/mol. The Hall–Kier alpha value is -1.06. The molecule has 0 aliphatic carbocycles. The molecule has 2 aromatic rings. The monoisotopic (exact) mass is 207 g/mol. The van der Waals surface area contributed by atoms with Crippen molar-refractivity contribution in [1.29, 1.82) is 0 Å². The minimum atomic E-state index is 0.0554. The van der Waals surface area contributed by atoms with Gasteiger partial charge in [-0.05, 0) is 31.2 Å². The second-order valence-electron chi connectivity index (χ2n) is 3.34. The molecule has 1 unspecified atom stereocenters. The average Bonchev–Trinajstić information content (AvgIpc) is 2.75. The van der Waals surface area contributed by atoms with Crippen molar-refractivity contribution in [2.75, 3.05) is 0 Å². The van der Waals surface area contributed by atoms with E-state index >= 15 is 0 Å². The van der Waals surface area contributed by atoms with E-state index in [4.69, 9.17) is 10.2 Å². The lowest BCUT2D eigenvalue weighted by Gasteiger charge is -2.06. The Balaban J connectivity index is 2.06. The fourth-order valence-electron chi connectivity index (χ4n) is 1.40. The highest BCUT2D eigenvalue weighted by Gasteiger charge is 2.10. The van der Waals surface area contributed by atoms with Gasteiger partial charge in [0.2, 0.25) is 0 Å². The van der Waals surface area contributed by atoms with Gasteiger partial charge in [-0.3, -0.25) is 0 Å². The Labute approximate surface area is 87.4 Å². The van der Waals surface area contributed by atoms with Crippen LogP contribution in [0.3, 0.4) is 0 Å². The Morgan fingerprint density at radius 3 is 2.86 bits per heavy atom. The molecule has 2 aromatic heterocycles. The predicted molar refractivity (Wildman–Crippen MR) is 58.4 cm³/mol. The first-order valence-corrected chi connectivity index (χ1v) is 5.41. The van der Waals surface area contributed by atoms with Crippen LogP contribution in [-0.2, 0) is 6.42 Å². The van der Waals surface area contributed by atoms with E-state index in [1.54, 1.807) is 17.6 Å². The molecule has 0 amide bonds. The lowest BCUT2D eigenvalue weighted by Crippen LogP contribution is -2.11. The van der Waals surface area contributed by atoms with Crippen molar-refractivity contribution in [2.45, 2.75) is 19.4 Å². The van der Waals surface area contributed by atoms with Gasteiger partial charge in [0.15, 0.2) is 0 Å². The molecular formula is C11H13NOS. The van der Waals surface area contributed by atoms with Crippen LogP contribution in [0.15, 0.2) is 34.9 Å². The molecule has 2 rings (SSSR count). The molecule has 0 radical (unpaired) electrons. The molecular weight excluding hydrogens is 194 g/mol. The van der Waals surface area contributed by atoms with Crippen LogP contribution in [0.4, 0.5) is 0 Å². The fraction of sp³-hybridized carbons (Fsp3) is 0.273. The normalized spacial score (nSPS) is 13.0. The van der Waals surface area contributed by atoms with E-state index in [0.717, 1.165) is 12.2 Å². The summed E-state index contributed by atoms with van der Waals surface area (Å²) in [6.45, 7) is 2.09. The molecule has 0 aromatic carbocycles. The summed E-state index contributed by atoms with van der Waals surface area (Å²) in [6.07, 6.45) is 2.45. The van der Waals surface area contributed by atoms with E-state index in [0.29, 0.717) is 0 Å². The maximum absolute atomic E-state index is 6.05. The maximum Gasteiger partial charge on any atom is 0.105 e. The van der Waals surface area contributed by atoms with Crippen LogP contribution in [0.1, 0.15) is 21.6 Å². The van der Waals surface area contributed by atoms with Crippen LogP contribution in [0.5, 0.6) is 0 Å². The third kappa shape index (κ3) is 2.05. The summed E-state index contributed by atoms with van der Waals surface area (Å²) in [5.74, 6) is 0.948. The van der Waals surface area contributed by atoms with Crippen molar-refractivity contribution in [3.05, 3.63) is 46.0 Å². The Kier molecular flexibility index (Phi) is 2.70. The van der Waals surface area contributed by atoms with Gasteiger partial charge in [-0.1, -0.05) is 0 Å². The SMILES string of the molecule is Cc1ccc(C(N)Cc2ccco2)s1. The van der Waals surface area contributed by atoms with Gasteiger partial charge in [0.25, 0.3) is 0 Å². The number of hydrogen-bond donors (Lipinski definition) is 1. The van der Waals surface area contributed by atoms with E-state index in [-0.39, 0.29) is 6.04 Å². The number of nitrogens with two attached hydrogens (primary N) is 1. The zero-order chi connectivity index (χ0) is 9.97. The van der Waals surface area contributed by atoms with Gasteiger partial charge in [0.05, 0.1) is 6.26 Å². The first-order valence-electron chi connectivity index (χ1n) is 4.60. The van der Waals surface area contributed by atoms with Crippen LogP contribution >= 0.6 is 11.3 Å². The van der Waals surface area contributed by atoms with Gasteiger partial charge >= 0.3 is 0 Å². The smallest absolute Gasteiger partial charge is 0.105 e. The third-order valence-electron chi connectivity index (χ3n) is 2.13. The van der Waals surface area contributed by atoms with Crippen LogP contribution in [0, 0.1) is 6.92 Å². The van der Waals surface area contributed by atoms with Crippen molar-refractivity contribution in [1.82, 2.24) is 0 Å². The van der Waals surface area contributed by atoms with E-state index in [9.17, 15) is 0 Å². The molecule has 2 nitrogen and oxygen atoms in total. The molecule has 0 bridgehead atoms. The van der Waals surface area contributed by atoms with Crippen LogP contribution in [0.2, 0.25) is 0 Å². The van der Waals surface area contributed by atoms with Gasteiger partial charge < -0.3 is 10.2 Å². The van der Waals surface area contributed by atoms with E-state index in [2.05, 4.69) is 19.1 Å². The van der Waals surface area contributed by atoms with E-state index in [1.165, 1.54) is 9.75 Å². The molecule has 0 aliphatic rings. The number of aryl methyl sites for hydroxylation is 1. The molecule has 0 fully saturated rings. The summed E-state index contributed by atoms with van der Waals surface area (Å²) in [4.78, 5) is 2.52. The van der Waals surface area contributed by atoms with Crippen molar-refractivity contribution in [3.63, 3.8) is 0 Å². The predicted octanol–water partition coefficient (Wildman–Crippen LogP) is 2.89. The number of hydrogen-bond acceptors (Lipinski definition) is 3. The second kappa shape index (κ2) is 3.98. The van der Waals surface area contributed by atoms with Crippen LogP contribution < -0.4 is 5.73 Å². The first kappa shape index (κ1) is 9.49. The summed E-state index contributed by atoms with van der Waals surface area (Å²) >= 11 is 1.75. The van der Waals surface area contributed by atoms with E-state index in [1.807, 2.05) is 12.1 Å². The molecule has 0 saturated carbocycles. The summed E-state index contributed by atoms with van der Waals surface area (Å²) in [6, 6.07) is 8.09. The molecule has 2 heterocycles. The minimum Gasteiger partial charge on any atom is -0.469 e. The Morgan fingerprint density at radius 1 is 1.43 bits per heavy atom. The van der Waals surface area contributed by atoms with Crippen molar-refractivity contribution < 1.29 is 4.42 Å². The maximum atomic E-state index is 6.05. The van der Waals surface area contributed by atoms with Crippen molar-refractivity contribution >= 4 is 11.3 Å². The lowest BCUT2D eigenvalue weighted by molar-refractivity contribution is 0.490. The molecule has 3 heteroatoms. The highest BCUT2D eigenvalue weighted by Crippen LogP contribution is 2.23. The first-order chi connectivity index (χ1) is 6.75. The highest BCUT2D eigenvalue weighted by atomic mass is 32.1. The highest BCUT2D eigenvalue weighted by molar-refractivity contribution is 7.12. The van der Waals surface area contributed by atoms with Gasteiger partial charge in [0, 0.05) is 22.2 Å². The minimum absolute atomic E-state index is 0.0554. The van der Waals surface area contributed by atoms with Crippen LogP contribution in [-0.4, -0.2) is 0 Å². The summed E-state index contributed by atoms with van der Waals surface area (Å²) < 4.78 is 5.26. The topological polar surface area (TPSA) is 39.2 Å². The zero-order valence-corrected chi connectivity index (χ0v) is 8.88. The van der Waals surface area contributed by atoms with Gasteiger partial charge in [-0.2, -0.15) is 0 Å². The number of thiophene rings is 1. The van der Waals surface area contributed by atoms with Gasteiger partial charge in [0.1, 0.15) is 5.76 Å². The third-order valence-corrected chi connectivity index (χ3v) is 3.26. The van der Waals surface area contributed by atoms with Crippen LogP contribution in [0.25, 0.3) is 0 Å². The van der Waals surface area contributed by atoms with Gasteiger partial charge in [-0.25, -0.2) is 0 Å². The Morgan fingerprint density at radius 2 is 2.29 bits per heavy atom. The number of rotatable bonds is 3. The fourth-order valence-corrected chi connectivity index (χ4v) is 2.28. The van der Waals surface area contributed by atoms with Crippen molar-refractivity contribution in [3.8, 4) is 0 Å². The zero-order valence-electron chi connectivity index (χ0n) is 8.07. The van der Waals surface area contributed by atoms with E-state index < -0.39 is 0 Å². The Bertz CT molecular complexity index is 391. The summed E-state index contributed by atoms with van der Waals surface area (Å²) in [5.41, 5.74) is 6.05. The number of furan rings is 1. The molecule has 74 valence electrons. The molecule has 1 atom stereocenters. The molecule has 0 spiro atoms. The molecule has 0 aliphatic heterocycles. The quantitative estimate of drug-likeness (QED) is 0.840. The lowest BCUT2D eigenvalue weighted by atomic mass is 10.1. The standard InChI is InChI=1S/C11H13NOS/c1-8-4-5-11(14-8)10(12)7-9-3-2-6-13-9/h2-6,10H,7,12H2,1H3. The summed E-state index contributed by atoms with van der Waals surface area (Å²) in [7, 11) is 0. The molecule has 14 heavy (non-hydrogen) atoms. The van der Waals surface area contributed by atoms with Crippen molar-refractivity contribution in [2.24, 2.45) is 5.73 Å². The van der Waals surface area contributed by atoms with Gasteiger partial charge in [-0.15, -0.1) is 11.3 Å². The molecule has 2 N–H and O–H groups in total. The largest absolute Gasteiger partial charge is 0.469 e. The molecule has 0 saturated heterocycles. The second-order valence-corrected chi connectivity index (χ2v) is 4.66. The summed E-state index contributed by atoms with van der Waals surface area (Å²) in [5, 5.41) is 0.